The molecule has 31 heavy (non-hydrogen) atoms. The van der Waals surface area contributed by atoms with Crippen LogP contribution in [0.5, 0.6) is 0 Å². The number of urea groups is 1. The lowest BCUT2D eigenvalue weighted by Crippen LogP contribution is -2.63. The minimum absolute atomic E-state index is 0.0493. The van der Waals surface area contributed by atoms with Gasteiger partial charge in [0.05, 0.1) is 11.5 Å². The number of amides is 3. The lowest BCUT2D eigenvalue weighted by Gasteiger charge is -2.54. The average molecular weight is 442 g/mol. The topological polar surface area (TPSA) is 69.9 Å². The van der Waals surface area contributed by atoms with Crippen LogP contribution >= 0.6 is 0 Å². The summed E-state index contributed by atoms with van der Waals surface area (Å²) in [5.41, 5.74) is 4.66. The van der Waals surface area contributed by atoms with Crippen molar-refractivity contribution in [1.82, 2.24) is 14.7 Å². The number of carbonyl (C=O) groups excluding carboxylic acids is 2. The zero-order chi connectivity index (χ0) is 22.4. The Balaban J connectivity index is 1.26. The summed E-state index contributed by atoms with van der Waals surface area (Å²) in [5.74, 6) is -1.48. The second-order valence-corrected chi connectivity index (χ2v) is 9.05. The maximum atomic E-state index is 14.1. The molecule has 10 heteroatoms. The lowest BCUT2D eigenvalue weighted by atomic mass is 9.72. The van der Waals surface area contributed by atoms with E-state index in [2.05, 4.69) is 0 Å². The number of likely N-dealkylation sites (tertiary alicyclic amines) is 3. The maximum absolute atomic E-state index is 14.1. The molecule has 0 bridgehead atoms. The van der Waals surface area contributed by atoms with E-state index in [1.54, 1.807) is 9.80 Å². The van der Waals surface area contributed by atoms with Gasteiger partial charge in [-0.05, 0) is 44.5 Å². The first-order valence-corrected chi connectivity index (χ1v) is 10.5. The Morgan fingerprint density at radius 2 is 1.77 bits per heavy atom. The van der Waals surface area contributed by atoms with Gasteiger partial charge >= 0.3 is 12.2 Å². The number of alkyl halides is 3. The number of nitrogens with zero attached hydrogens (tertiary/aromatic N) is 3. The molecule has 3 saturated heterocycles. The number of hydrogen-bond donors (Lipinski definition) is 1. The molecule has 1 atom stereocenters. The van der Waals surface area contributed by atoms with Gasteiger partial charge in [-0.1, -0.05) is 6.07 Å². The van der Waals surface area contributed by atoms with Gasteiger partial charge in [0.25, 0.3) is 0 Å². The molecule has 0 aliphatic carbocycles. The first kappa shape index (κ1) is 21.9. The van der Waals surface area contributed by atoms with E-state index in [1.807, 2.05) is 4.90 Å². The van der Waals surface area contributed by atoms with Crippen molar-refractivity contribution in [1.29, 1.82) is 0 Å². The monoisotopic (exact) mass is 442 g/mol. The molecule has 3 aliphatic rings. The second-order valence-electron chi connectivity index (χ2n) is 9.05. The van der Waals surface area contributed by atoms with Gasteiger partial charge in [0.15, 0.2) is 0 Å². The van der Waals surface area contributed by atoms with Crippen LogP contribution in [0.1, 0.15) is 30.4 Å². The smallest absolute Gasteiger partial charge is 0.369 e. The molecular weight excluding hydrogens is 416 g/mol. The second kappa shape index (κ2) is 7.96. The third-order valence-electron chi connectivity index (χ3n) is 6.88. The molecular formula is C21H26F4N4O2. The molecule has 2 N–H and O–H groups in total. The van der Waals surface area contributed by atoms with Crippen molar-refractivity contribution in [3.63, 3.8) is 0 Å². The lowest BCUT2D eigenvalue weighted by molar-refractivity contribution is -0.137. The Kier molecular flexibility index (Phi) is 5.61. The third kappa shape index (κ3) is 4.49. The van der Waals surface area contributed by atoms with E-state index in [9.17, 15) is 27.2 Å². The fraction of sp³-hybridized carbons (Fsp3) is 0.619. The summed E-state index contributed by atoms with van der Waals surface area (Å²) in [7, 11) is 0. The molecule has 3 aliphatic heterocycles. The number of nitrogens with two attached hydrogens (primary N) is 1. The Morgan fingerprint density at radius 3 is 2.32 bits per heavy atom. The van der Waals surface area contributed by atoms with Crippen LogP contribution in [-0.2, 0) is 17.5 Å². The van der Waals surface area contributed by atoms with Gasteiger partial charge in [-0.15, -0.1) is 0 Å². The van der Waals surface area contributed by atoms with Crippen LogP contribution in [0.3, 0.4) is 0 Å². The highest BCUT2D eigenvalue weighted by atomic mass is 19.4. The Hall–Kier alpha value is -2.36. The van der Waals surface area contributed by atoms with Crippen LogP contribution in [0.25, 0.3) is 0 Å². The molecule has 0 radical (unpaired) electrons. The quantitative estimate of drug-likeness (QED) is 0.732. The molecule has 1 aromatic carbocycles. The van der Waals surface area contributed by atoms with Crippen LogP contribution in [0.15, 0.2) is 18.2 Å². The summed E-state index contributed by atoms with van der Waals surface area (Å²) >= 11 is 0. The van der Waals surface area contributed by atoms with Crippen LogP contribution in [0.4, 0.5) is 22.4 Å². The van der Waals surface area contributed by atoms with Crippen molar-refractivity contribution in [3.05, 3.63) is 35.1 Å². The Labute approximate surface area is 177 Å². The predicted octanol–water partition coefficient (Wildman–Crippen LogP) is 2.67. The normalized spacial score (nSPS) is 23.8. The van der Waals surface area contributed by atoms with Gasteiger partial charge in [-0.2, -0.15) is 13.2 Å². The number of primary amides is 1. The molecule has 170 valence electrons. The van der Waals surface area contributed by atoms with Crippen LogP contribution in [0.2, 0.25) is 0 Å². The summed E-state index contributed by atoms with van der Waals surface area (Å²) in [4.78, 5) is 29.5. The van der Waals surface area contributed by atoms with Gasteiger partial charge < -0.3 is 15.5 Å². The van der Waals surface area contributed by atoms with Crippen LogP contribution in [0, 0.1) is 17.2 Å². The highest BCUT2D eigenvalue weighted by molar-refractivity contribution is 5.80. The van der Waals surface area contributed by atoms with Crippen molar-refractivity contribution in [3.8, 4) is 0 Å². The Morgan fingerprint density at radius 1 is 1.10 bits per heavy atom. The minimum atomic E-state index is -4.56. The molecule has 6 nitrogen and oxygen atoms in total. The van der Waals surface area contributed by atoms with Gasteiger partial charge in [0.2, 0.25) is 5.91 Å². The zero-order valence-corrected chi connectivity index (χ0v) is 17.1. The summed E-state index contributed by atoms with van der Waals surface area (Å²) < 4.78 is 52.2. The largest absolute Gasteiger partial charge is 0.416 e. The van der Waals surface area contributed by atoms with Crippen molar-refractivity contribution in [2.24, 2.45) is 17.1 Å². The summed E-state index contributed by atoms with van der Waals surface area (Å²) in [6.45, 7) is 3.92. The van der Waals surface area contributed by atoms with Gasteiger partial charge in [-0.3, -0.25) is 9.69 Å². The minimum Gasteiger partial charge on any atom is -0.369 e. The molecule has 3 amide bonds. The van der Waals surface area contributed by atoms with Gasteiger partial charge in [0.1, 0.15) is 5.82 Å². The first-order chi connectivity index (χ1) is 14.6. The molecule has 3 fully saturated rings. The van der Waals surface area contributed by atoms with Crippen molar-refractivity contribution < 1.29 is 27.2 Å². The van der Waals surface area contributed by atoms with Crippen molar-refractivity contribution in [2.75, 3.05) is 39.3 Å². The van der Waals surface area contributed by atoms with E-state index in [0.29, 0.717) is 51.8 Å². The third-order valence-corrected chi connectivity index (χ3v) is 6.88. The predicted molar refractivity (Wildman–Crippen MR) is 104 cm³/mol. The summed E-state index contributed by atoms with van der Waals surface area (Å²) in [6.07, 6.45) is -2.25. The molecule has 0 aromatic heterocycles. The number of piperidine rings is 1. The summed E-state index contributed by atoms with van der Waals surface area (Å²) in [6, 6.07) is 2.63. The molecule has 0 unspecified atom stereocenters. The molecule has 0 saturated carbocycles. The van der Waals surface area contributed by atoms with E-state index in [0.717, 1.165) is 18.9 Å². The Bertz CT molecular complexity index is 859. The van der Waals surface area contributed by atoms with E-state index in [4.69, 9.17) is 5.73 Å². The van der Waals surface area contributed by atoms with E-state index in [-0.39, 0.29) is 35.4 Å². The fourth-order valence-electron chi connectivity index (χ4n) is 4.86. The number of carbonyl (C=O) groups is 2. The fourth-order valence-corrected chi connectivity index (χ4v) is 4.86. The van der Waals surface area contributed by atoms with Gasteiger partial charge in [0, 0.05) is 43.7 Å². The maximum Gasteiger partial charge on any atom is 0.416 e. The van der Waals surface area contributed by atoms with E-state index >= 15 is 0 Å². The number of benzene rings is 1. The summed E-state index contributed by atoms with van der Waals surface area (Å²) in [5, 5.41) is 0. The SMILES string of the molecule is NC(=O)[C@@H]1CCN(C(=O)N2CC3(CCN(Cc4ccc(C(F)(F)F)cc4F)CC3)C2)C1. The number of hydrogen-bond acceptors (Lipinski definition) is 3. The van der Waals surface area contributed by atoms with E-state index < -0.39 is 17.6 Å². The van der Waals surface area contributed by atoms with Crippen molar-refractivity contribution in [2.45, 2.75) is 32.0 Å². The molecule has 1 aromatic rings. The van der Waals surface area contributed by atoms with Gasteiger partial charge in [-0.25, -0.2) is 9.18 Å². The molecule has 3 heterocycles. The van der Waals surface area contributed by atoms with Crippen LogP contribution in [-0.4, -0.2) is 65.9 Å². The first-order valence-electron chi connectivity index (χ1n) is 10.5. The highest BCUT2D eigenvalue weighted by Gasteiger charge is 2.48. The average Bonchev–Trinajstić information content (AvgIpc) is 3.18. The highest BCUT2D eigenvalue weighted by Crippen LogP contribution is 2.41. The molecule has 1 spiro atoms. The molecule has 4 rings (SSSR count). The van der Waals surface area contributed by atoms with Crippen LogP contribution < -0.4 is 5.73 Å². The number of halogens is 4. The zero-order valence-electron chi connectivity index (χ0n) is 17.1. The van der Waals surface area contributed by atoms with Crippen molar-refractivity contribution >= 4 is 11.9 Å². The number of rotatable bonds is 3. The van der Waals surface area contributed by atoms with E-state index in [1.165, 1.54) is 6.07 Å². The standard InChI is InChI=1S/C21H26F4N4O2/c22-17-9-16(21(23,24)25)2-1-14(17)10-27-7-4-20(5-8-27)12-29(13-20)19(31)28-6-3-15(11-28)18(26)30/h1-2,9,15H,3-8,10-13H2,(H2,26,30)/t15-/m1/s1.